The van der Waals surface area contributed by atoms with Gasteiger partial charge < -0.3 is 14.7 Å². The largest absolute Gasteiger partial charge is 0.376 e. The Hall–Kier alpha value is -2.57. The van der Waals surface area contributed by atoms with Gasteiger partial charge in [-0.3, -0.25) is 4.79 Å². The van der Waals surface area contributed by atoms with Crippen molar-refractivity contribution in [1.82, 2.24) is 5.16 Å². The molecule has 0 saturated heterocycles. The number of halogens is 3. The van der Waals surface area contributed by atoms with Gasteiger partial charge in [0.1, 0.15) is 22.8 Å². The van der Waals surface area contributed by atoms with E-state index in [0.717, 1.165) is 5.69 Å². The predicted molar refractivity (Wildman–Crippen MR) is 105 cm³/mol. The van der Waals surface area contributed by atoms with Crippen LogP contribution in [0.2, 0.25) is 10.0 Å². The zero-order valence-corrected chi connectivity index (χ0v) is 16.3. The maximum atomic E-state index is 14.3. The summed E-state index contributed by atoms with van der Waals surface area (Å²) in [7, 11) is 3.73. The number of anilines is 2. The van der Waals surface area contributed by atoms with Gasteiger partial charge in [0.05, 0.1) is 21.3 Å². The lowest BCUT2D eigenvalue weighted by Gasteiger charge is -2.15. The van der Waals surface area contributed by atoms with Crippen LogP contribution in [-0.2, 0) is 0 Å². The third-order valence-corrected chi connectivity index (χ3v) is 4.59. The number of hydrogen-bond donors (Lipinski definition) is 1. The lowest BCUT2D eigenvalue weighted by Crippen LogP contribution is -2.14. The highest BCUT2D eigenvalue weighted by Crippen LogP contribution is 2.34. The molecule has 1 N–H and O–H groups in total. The van der Waals surface area contributed by atoms with Crippen LogP contribution in [0.4, 0.5) is 15.8 Å². The SMILES string of the molecule is Cc1onc(-c2c(F)cccc2Cl)c1C(=O)Nc1ccc(N(C)C)c(Cl)c1. The van der Waals surface area contributed by atoms with Gasteiger partial charge in [0, 0.05) is 19.8 Å². The van der Waals surface area contributed by atoms with Crippen LogP contribution in [-0.4, -0.2) is 25.2 Å². The average Bonchev–Trinajstić information content (AvgIpc) is 2.96. The molecule has 1 amide bonds. The van der Waals surface area contributed by atoms with E-state index in [1.807, 2.05) is 19.0 Å². The van der Waals surface area contributed by atoms with Crippen molar-refractivity contribution >= 4 is 40.5 Å². The molecule has 0 bridgehead atoms. The van der Waals surface area contributed by atoms with Crippen molar-refractivity contribution in [2.75, 3.05) is 24.3 Å². The van der Waals surface area contributed by atoms with Crippen LogP contribution >= 0.6 is 23.2 Å². The standard InChI is InChI=1S/C19H16Cl2FN3O2/c1-10-16(18(24-27-10)17-12(20)5-4-6-14(17)22)19(26)23-11-7-8-15(25(2)3)13(21)9-11/h4-9H,1-3H3,(H,23,26). The van der Waals surface area contributed by atoms with Gasteiger partial charge >= 0.3 is 0 Å². The predicted octanol–water partition coefficient (Wildman–Crippen LogP) is 5.41. The van der Waals surface area contributed by atoms with E-state index in [1.165, 1.54) is 18.2 Å². The topological polar surface area (TPSA) is 58.4 Å². The first-order chi connectivity index (χ1) is 12.8. The molecule has 0 fully saturated rings. The number of carbonyl (C=O) groups is 1. The van der Waals surface area contributed by atoms with Crippen LogP contribution in [0.25, 0.3) is 11.3 Å². The van der Waals surface area contributed by atoms with Crippen molar-refractivity contribution in [3.05, 3.63) is 63.6 Å². The van der Waals surface area contributed by atoms with Crippen molar-refractivity contribution in [2.24, 2.45) is 0 Å². The molecular weight excluding hydrogens is 392 g/mol. The Balaban J connectivity index is 1.97. The molecule has 0 atom stereocenters. The van der Waals surface area contributed by atoms with Crippen molar-refractivity contribution in [3.8, 4) is 11.3 Å². The molecule has 0 spiro atoms. The van der Waals surface area contributed by atoms with E-state index < -0.39 is 11.7 Å². The summed E-state index contributed by atoms with van der Waals surface area (Å²) in [6, 6.07) is 9.37. The van der Waals surface area contributed by atoms with Gasteiger partial charge in [-0.1, -0.05) is 34.4 Å². The molecule has 0 saturated carbocycles. The highest BCUT2D eigenvalue weighted by Gasteiger charge is 2.25. The molecule has 1 heterocycles. The minimum atomic E-state index is -0.594. The van der Waals surface area contributed by atoms with E-state index in [4.69, 9.17) is 27.7 Å². The fraction of sp³-hybridized carbons (Fsp3) is 0.158. The Morgan fingerprint density at radius 3 is 2.56 bits per heavy atom. The summed E-state index contributed by atoms with van der Waals surface area (Å²) in [4.78, 5) is 14.7. The van der Waals surface area contributed by atoms with Crippen LogP contribution in [0.1, 0.15) is 16.1 Å². The molecule has 0 radical (unpaired) electrons. The van der Waals surface area contributed by atoms with Crippen molar-refractivity contribution in [1.29, 1.82) is 0 Å². The highest BCUT2D eigenvalue weighted by molar-refractivity contribution is 6.34. The van der Waals surface area contributed by atoms with Crippen molar-refractivity contribution in [3.63, 3.8) is 0 Å². The molecule has 140 valence electrons. The summed E-state index contributed by atoms with van der Waals surface area (Å²) in [6.45, 7) is 1.57. The number of hydrogen-bond acceptors (Lipinski definition) is 4. The van der Waals surface area contributed by atoms with E-state index in [-0.39, 0.29) is 27.6 Å². The summed E-state index contributed by atoms with van der Waals surface area (Å²) in [5.74, 6) is -0.849. The second-order valence-corrected chi connectivity index (χ2v) is 6.89. The third-order valence-electron chi connectivity index (χ3n) is 3.98. The van der Waals surface area contributed by atoms with Gasteiger partial charge in [-0.15, -0.1) is 0 Å². The Labute approximate surface area is 165 Å². The lowest BCUT2D eigenvalue weighted by atomic mass is 10.0. The maximum absolute atomic E-state index is 14.3. The summed E-state index contributed by atoms with van der Waals surface area (Å²) >= 11 is 12.3. The fourth-order valence-electron chi connectivity index (χ4n) is 2.68. The van der Waals surface area contributed by atoms with E-state index in [9.17, 15) is 9.18 Å². The quantitative estimate of drug-likeness (QED) is 0.627. The Morgan fingerprint density at radius 1 is 1.19 bits per heavy atom. The van der Waals surface area contributed by atoms with Crippen LogP contribution in [0.15, 0.2) is 40.9 Å². The van der Waals surface area contributed by atoms with Gasteiger partial charge in [0.15, 0.2) is 0 Å². The van der Waals surface area contributed by atoms with E-state index in [0.29, 0.717) is 10.7 Å². The monoisotopic (exact) mass is 407 g/mol. The molecule has 5 nitrogen and oxygen atoms in total. The minimum Gasteiger partial charge on any atom is -0.376 e. The summed E-state index contributed by atoms with van der Waals surface area (Å²) < 4.78 is 19.4. The molecule has 3 rings (SSSR count). The van der Waals surface area contributed by atoms with Crippen LogP contribution in [0.3, 0.4) is 0 Å². The molecule has 0 aliphatic rings. The zero-order valence-electron chi connectivity index (χ0n) is 14.8. The van der Waals surface area contributed by atoms with Gasteiger partial charge in [-0.25, -0.2) is 4.39 Å². The molecule has 8 heteroatoms. The molecule has 0 aliphatic carbocycles. The van der Waals surface area contributed by atoms with Crippen LogP contribution in [0.5, 0.6) is 0 Å². The van der Waals surface area contributed by atoms with Crippen molar-refractivity contribution < 1.29 is 13.7 Å². The van der Waals surface area contributed by atoms with Gasteiger partial charge in [0.2, 0.25) is 0 Å². The first kappa shape index (κ1) is 19.2. The van der Waals surface area contributed by atoms with Crippen LogP contribution < -0.4 is 10.2 Å². The average molecular weight is 408 g/mol. The van der Waals surface area contributed by atoms with E-state index >= 15 is 0 Å². The fourth-order valence-corrected chi connectivity index (χ4v) is 3.28. The number of aryl methyl sites for hydroxylation is 1. The molecular formula is C19H16Cl2FN3O2. The zero-order chi connectivity index (χ0) is 19.7. The number of nitrogens with one attached hydrogen (secondary N) is 1. The molecule has 0 unspecified atom stereocenters. The second-order valence-electron chi connectivity index (χ2n) is 6.07. The Kier molecular flexibility index (Phi) is 5.39. The van der Waals surface area contributed by atoms with Gasteiger partial charge in [-0.05, 0) is 37.3 Å². The van der Waals surface area contributed by atoms with E-state index in [1.54, 1.807) is 25.1 Å². The smallest absolute Gasteiger partial charge is 0.261 e. The van der Waals surface area contributed by atoms with Crippen LogP contribution in [0, 0.1) is 12.7 Å². The Bertz CT molecular complexity index is 998. The second kappa shape index (κ2) is 7.58. The first-order valence-corrected chi connectivity index (χ1v) is 8.74. The van der Waals surface area contributed by atoms with Crippen molar-refractivity contribution in [2.45, 2.75) is 6.92 Å². The van der Waals surface area contributed by atoms with E-state index in [2.05, 4.69) is 10.5 Å². The molecule has 3 aromatic rings. The number of nitrogens with zero attached hydrogens (tertiary/aromatic N) is 2. The number of benzene rings is 2. The lowest BCUT2D eigenvalue weighted by molar-refractivity contribution is 0.102. The molecule has 27 heavy (non-hydrogen) atoms. The van der Waals surface area contributed by atoms with Gasteiger partial charge in [-0.2, -0.15) is 0 Å². The molecule has 2 aromatic carbocycles. The maximum Gasteiger partial charge on any atom is 0.261 e. The highest BCUT2D eigenvalue weighted by atomic mass is 35.5. The molecule has 1 aromatic heterocycles. The number of rotatable bonds is 4. The Morgan fingerprint density at radius 2 is 1.93 bits per heavy atom. The normalized spacial score (nSPS) is 10.7. The summed E-state index contributed by atoms with van der Waals surface area (Å²) in [5, 5.41) is 7.18. The number of amides is 1. The first-order valence-electron chi connectivity index (χ1n) is 7.98. The number of carbonyl (C=O) groups excluding carboxylic acids is 1. The summed E-state index contributed by atoms with van der Waals surface area (Å²) in [6.07, 6.45) is 0. The molecule has 0 aliphatic heterocycles. The summed E-state index contributed by atoms with van der Waals surface area (Å²) in [5.41, 5.74) is 1.47. The van der Waals surface area contributed by atoms with Gasteiger partial charge in [0.25, 0.3) is 5.91 Å². The third kappa shape index (κ3) is 3.77. The number of aromatic nitrogens is 1. The minimum absolute atomic E-state index is 0.0159.